The fourth-order valence-electron chi connectivity index (χ4n) is 4.70. The molecule has 0 fully saturated rings. The number of rotatable bonds is 9. The molecule has 1 amide bonds. The van der Waals surface area contributed by atoms with E-state index in [1.54, 1.807) is 66.7 Å². The van der Waals surface area contributed by atoms with Gasteiger partial charge < -0.3 is 14.8 Å². The Labute approximate surface area is 237 Å². The minimum atomic E-state index is -4.10. The van der Waals surface area contributed by atoms with E-state index < -0.39 is 27.9 Å². The predicted molar refractivity (Wildman–Crippen MR) is 152 cm³/mol. The van der Waals surface area contributed by atoms with Crippen molar-refractivity contribution < 1.29 is 31.9 Å². The lowest BCUT2D eigenvalue weighted by Crippen LogP contribution is -2.48. The normalized spacial score (nSPS) is 14.3. The van der Waals surface area contributed by atoms with Crippen LogP contribution < -0.4 is 14.4 Å². The van der Waals surface area contributed by atoms with Gasteiger partial charge in [-0.05, 0) is 71.3 Å². The number of halogens is 1. The Balaban J connectivity index is 1.29. The molecule has 210 valence electrons. The zero-order chi connectivity index (χ0) is 29.0. The van der Waals surface area contributed by atoms with Crippen molar-refractivity contribution in [3.05, 3.63) is 114 Å². The molecule has 1 aliphatic heterocycles. The smallest absolute Gasteiger partial charge is 0.337 e. The SMILES string of the molecule is COC(=O)c1ccc(OCCNC(=O)[C@@H]2Cc3ccccc3N2S(=O)(=O)c2ccc(-c3ccc(F)cc3)cc2)cc1. The van der Waals surface area contributed by atoms with Crippen LogP contribution in [0.5, 0.6) is 5.75 Å². The van der Waals surface area contributed by atoms with Gasteiger partial charge in [0.25, 0.3) is 10.0 Å². The molecule has 0 saturated heterocycles. The quantitative estimate of drug-likeness (QED) is 0.232. The van der Waals surface area contributed by atoms with Gasteiger partial charge in [0.15, 0.2) is 0 Å². The molecule has 4 aromatic rings. The molecule has 8 nitrogen and oxygen atoms in total. The van der Waals surface area contributed by atoms with E-state index in [-0.39, 0.29) is 30.3 Å². The second-order valence-corrected chi connectivity index (χ2v) is 11.2. The Bertz CT molecular complexity index is 1660. The molecule has 1 N–H and O–H groups in total. The zero-order valence-electron chi connectivity index (χ0n) is 22.1. The first-order valence-corrected chi connectivity index (χ1v) is 14.3. The van der Waals surface area contributed by atoms with Crippen molar-refractivity contribution in [2.45, 2.75) is 17.4 Å². The van der Waals surface area contributed by atoms with Crippen LogP contribution in [0.4, 0.5) is 10.1 Å². The van der Waals surface area contributed by atoms with Gasteiger partial charge in [-0.15, -0.1) is 0 Å². The van der Waals surface area contributed by atoms with Gasteiger partial charge >= 0.3 is 5.97 Å². The molecule has 5 rings (SSSR count). The minimum absolute atomic E-state index is 0.0385. The van der Waals surface area contributed by atoms with Crippen molar-refractivity contribution in [2.24, 2.45) is 0 Å². The van der Waals surface area contributed by atoms with Gasteiger partial charge in [0.1, 0.15) is 24.2 Å². The van der Waals surface area contributed by atoms with E-state index in [4.69, 9.17) is 4.74 Å². The van der Waals surface area contributed by atoms with E-state index in [1.807, 2.05) is 6.07 Å². The number of esters is 1. The second-order valence-electron chi connectivity index (χ2n) is 9.34. The highest BCUT2D eigenvalue weighted by Crippen LogP contribution is 2.37. The number of methoxy groups -OCH3 is 1. The lowest BCUT2D eigenvalue weighted by Gasteiger charge is -2.26. The van der Waals surface area contributed by atoms with Crippen molar-refractivity contribution in [2.75, 3.05) is 24.6 Å². The van der Waals surface area contributed by atoms with E-state index in [2.05, 4.69) is 10.1 Å². The van der Waals surface area contributed by atoms with E-state index >= 15 is 0 Å². The summed E-state index contributed by atoms with van der Waals surface area (Å²) >= 11 is 0. The highest BCUT2D eigenvalue weighted by molar-refractivity contribution is 7.93. The van der Waals surface area contributed by atoms with E-state index in [0.29, 0.717) is 17.0 Å². The average molecular weight is 575 g/mol. The summed E-state index contributed by atoms with van der Waals surface area (Å²) in [5.41, 5.74) is 3.08. The van der Waals surface area contributed by atoms with E-state index in [9.17, 15) is 22.4 Å². The van der Waals surface area contributed by atoms with Crippen molar-refractivity contribution in [3.63, 3.8) is 0 Å². The number of carbonyl (C=O) groups is 2. The fraction of sp³-hybridized carbons (Fsp3) is 0.161. The Morgan fingerprint density at radius 1 is 0.902 bits per heavy atom. The minimum Gasteiger partial charge on any atom is -0.492 e. The van der Waals surface area contributed by atoms with Crippen LogP contribution >= 0.6 is 0 Å². The van der Waals surface area contributed by atoms with Crippen LogP contribution in [-0.2, 0) is 26.0 Å². The van der Waals surface area contributed by atoms with Gasteiger partial charge in [0.05, 0.1) is 29.8 Å². The molecule has 0 radical (unpaired) electrons. The monoisotopic (exact) mass is 574 g/mol. The molecule has 0 aromatic heterocycles. The second kappa shape index (κ2) is 11.8. The maximum Gasteiger partial charge on any atom is 0.337 e. The number of hydrogen-bond donors (Lipinski definition) is 1. The lowest BCUT2D eigenvalue weighted by atomic mass is 10.1. The van der Waals surface area contributed by atoms with Gasteiger partial charge in [0, 0.05) is 6.42 Å². The van der Waals surface area contributed by atoms with Gasteiger partial charge in [-0.25, -0.2) is 17.6 Å². The van der Waals surface area contributed by atoms with Crippen LogP contribution in [0.1, 0.15) is 15.9 Å². The molecule has 4 aromatic carbocycles. The number of benzene rings is 4. The third kappa shape index (κ3) is 5.92. The van der Waals surface area contributed by atoms with Crippen molar-refractivity contribution in [3.8, 4) is 16.9 Å². The van der Waals surface area contributed by atoms with E-state index in [1.165, 1.54) is 35.7 Å². The fourth-order valence-corrected chi connectivity index (χ4v) is 6.34. The number of carbonyl (C=O) groups excluding carboxylic acids is 2. The van der Waals surface area contributed by atoms with Crippen LogP contribution in [-0.4, -0.2) is 46.6 Å². The summed E-state index contributed by atoms with van der Waals surface area (Å²) in [6.45, 7) is 0.283. The molecular formula is C31H27FN2O6S. The summed E-state index contributed by atoms with van der Waals surface area (Å²) in [6.07, 6.45) is 0.227. The molecule has 0 saturated carbocycles. The highest BCUT2D eigenvalue weighted by Gasteiger charge is 2.42. The van der Waals surface area contributed by atoms with Crippen molar-refractivity contribution >= 4 is 27.6 Å². The first-order chi connectivity index (χ1) is 19.8. The van der Waals surface area contributed by atoms with Gasteiger partial charge in [0.2, 0.25) is 5.91 Å². The maximum atomic E-state index is 13.9. The largest absolute Gasteiger partial charge is 0.492 e. The summed E-state index contributed by atoms with van der Waals surface area (Å²) in [5, 5.41) is 2.78. The Morgan fingerprint density at radius 2 is 1.54 bits per heavy atom. The third-order valence-electron chi connectivity index (χ3n) is 6.76. The third-order valence-corrected chi connectivity index (χ3v) is 8.60. The predicted octanol–water partition coefficient (Wildman–Crippen LogP) is 4.59. The molecule has 1 aliphatic rings. The first-order valence-electron chi connectivity index (χ1n) is 12.8. The summed E-state index contributed by atoms with van der Waals surface area (Å²) in [7, 11) is -2.79. The Kier molecular flexibility index (Phi) is 8.02. The summed E-state index contributed by atoms with van der Waals surface area (Å²) in [6, 6.07) is 24.7. The van der Waals surface area contributed by atoms with Gasteiger partial charge in [-0.2, -0.15) is 0 Å². The maximum absolute atomic E-state index is 13.9. The molecule has 0 unspecified atom stereocenters. The highest BCUT2D eigenvalue weighted by atomic mass is 32.2. The molecule has 0 aliphatic carbocycles. The number of sulfonamides is 1. The number of hydrogen-bond acceptors (Lipinski definition) is 6. The van der Waals surface area contributed by atoms with Gasteiger partial charge in [-0.1, -0.05) is 42.5 Å². The van der Waals surface area contributed by atoms with Crippen LogP contribution in [0.25, 0.3) is 11.1 Å². The van der Waals surface area contributed by atoms with Crippen LogP contribution in [0.15, 0.2) is 102 Å². The first kappa shape index (κ1) is 27.9. The molecule has 1 atom stereocenters. The Hall–Kier alpha value is -4.70. The summed E-state index contributed by atoms with van der Waals surface area (Å²) in [4.78, 5) is 24.9. The summed E-state index contributed by atoms with van der Waals surface area (Å²) < 4.78 is 52.5. The number of nitrogens with one attached hydrogen (secondary N) is 1. The van der Waals surface area contributed by atoms with Crippen LogP contribution in [0.2, 0.25) is 0 Å². The standard InChI is InChI=1S/C31H27FN2O6S/c1-39-31(36)23-8-14-26(15-9-23)40-19-18-33-30(35)29-20-24-4-2-3-5-28(24)34(29)41(37,38)27-16-10-22(11-17-27)21-6-12-25(32)13-7-21/h2-17,29H,18-20H2,1H3,(H,33,35)/t29-/m0/s1. The van der Waals surface area contributed by atoms with Crippen molar-refractivity contribution in [1.82, 2.24) is 5.32 Å². The molecule has 0 bridgehead atoms. The molecule has 41 heavy (non-hydrogen) atoms. The number of anilines is 1. The number of fused-ring (bicyclic) bond motifs is 1. The summed E-state index contributed by atoms with van der Waals surface area (Å²) in [5.74, 6) is -0.749. The molecule has 1 heterocycles. The lowest BCUT2D eigenvalue weighted by molar-refractivity contribution is -0.122. The molecular weight excluding hydrogens is 547 g/mol. The number of nitrogens with zero attached hydrogens (tertiary/aromatic N) is 1. The average Bonchev–Trinajstić information content (AvgIpc) is 3.40. The van der Waals surface area contributed by atoms with Gasteiger partial charge in [-0.3, -0.25) is 9.10 Å². The van der Waals surface area contributed by atoms with Crippen LogP contribution in [0, 0.1) is 5.82 Å². The number of amides is 1. The van der Waals surface area contributed by atoms with E-state index in [0.717, 1.165) is 16.7 Å². The number of para-hydroxylation sites is 1. The molecule has 10 heteroatoms. The van der Waals surface area contributed by atoms with Crippen LogP contribution in [0.3, 0.4) is 0 Å². The number of ether oxygens (including phenoxy) is 2. The molecule has 0 spiro atoms. The topological polar surface area (TPSA) is 102 Å². The zero-order valence-corrected chi connectivity index (χ0v) is 22.9. The Morgan fingerprint density at radius 3 is 2.20 bits per heavy atom. The van der Waals surface area contributed by atoms with Crippen molar-refractivity contribution in [1.29, 1.82) is 0 Å².